The summed E-state index contributed by atoms with van der Waals surface area (Å²) < 4.78 is 31.2. The Kier molecular flexibility index (Phi) is 3.18. The van der Waals surface area contributed by atoms with Crippen LogP contribution in [0.2, 0.25) is 0 Å². The number of benzene rings is 2. The van der Waals surface area contributed by atoms with Crippen LogP contribution in [0, 0.1) is 11.6 Å². The Bertz CT molecular complexity index is 1320. The van der Waals surface area contributed by atoms with E-state index in [1.54, 1.807) is 41.1 Å². The van der Waals surface area contributed by atoms with Crippen LogP contribution in [0.15, 0.2) is 65.6 Å². The Balaban J connectivity index is 1.91. The van der Waals surface area contributed by atoms with Gasteiger partial charge in [0, 0.05) is 12.7 Å². The van der Waals surface area contributed by atoms with Crippen molar-refractivity contribution in [2.75, 3.05) is 0 Å². The number of halogens is 2. The second kappa shape index (κ2) is 5.48. The summed E-state index contributed by atoms with van der Waals surface area (Å²) in [6.07, 6.45) is 1.57. The molecule has 4 nitrogen and oxygen atoms in total. The predicted molar refractivity (Wildman–Crippen MR) is 96.8 cm³/mol. The average Bonchev–Trinajstić information content (AvgIpc) is 3.21. The zero-order valence-corrected chi connectivity index (χ0v) is 13.9. The molecule has 0 saturated heterocycles. The largest absolute Gasteiger partial charge is 0.334 e. The number of carbonyl (C=O) groups excluding carboxylic acids is 1. The molecule has 0 fully saturated rings. The Hall–Kier alpha value is -3.54. The van der Waals surface area contributed by atoms with E-state index >= 15 is 0 Å². The second-order valence-corrected chi connectivity index (χ2v) is 6.47. The van der Waals surface area contributed by atoms with Gasteiger partial charge in [-0.15, -0.1) is 0 Å². The summed E-state index contributed by atoms with van der Waals surface area (Å²) >= 11 is 0. The van der Waals surface area contributed by atoms with Crippen molar-refractivity contribution in [3.8, 4) is 11.4 Å². The molecule has 4 aromatic rings. The summed E-state index contributed by atoms with van der Waals surface area (Å²) in [5.74, 6) is -1.55. The monoisotopic (exact) mass is 362 g/mol. The van der Waals surface area contributed by atoms with Gasteiger partial charge < -0.3 is 4.57 Å². The lowest BCUT2D eigenvalue weighted by atomic mass is 10.1. The third kappa shape index (κ3) is 2.13. The molecule has 27 heavy (non-hydrogen) atoms. The van der Waals surface area contributed by atoms with E-state index < -0.39 is 17.2 Å². The maximum absolute atomic E-state index is 14.5. The molecule has 3 heterocycles. The molecule has 6 heteroatoms. The van der Waals surface area contributed by atoms with E-state index in [9.17, 15) is 18.4 Å². The van der Waals surface area contributed by atoms with Gasteiger partial charge in [-0.05, 0) is 42.0 Å². The third-order valence-corrected chi connectivity index (χ3v) is 4.90. The lowest BCUT2D eigenvalue weighted by molar-refractivity contribution is 0.0968. The highest BCUT2D eigenvalue weighted by Crippen LogP contribution is 2.34. The minimum atomic E-state index is -0.683. The van der Waals surface area contributed by atoms with Gasteiger partial charge in [0.25, 0.3) is 5.91 Å². The Morgan fingerprint density at radius 2 is 1.74 bits per heavy atom. The topological polar surface area (TPSA) is 44.0 Å². The molecule has 2 aromatic carbocycles. The molecule has 0 N–H and O–H groups in total. The molecule has 132 valence electrons. The first-order valence-corrected chi connectivity index (χ1v) is 8.38. The van der Waals surface area contributed by atoms with Gasteiger partial charge in [-0.2, -0.15) is 0 Å². The molecule has 0 atom stereocenters. The van der Waals surface area contributed by atoms with Gasteiger partial charge >= 0.3 is 0 Å². The van der Waals surface area contributed by atoms with Crippen LogP contribution in [0.5, 0.6) is 0 Å². The van der Waals surface area contributed by atoms with Crippen LogP contribution in [0.3, 0.4) is 0 Å². The SMILES string of the molecule is O=C1c2c(n(Cc3cccc(F)c3)c3cccc(F)c3c2=O)-c2cccn21. The van der Waals surface area contributed by atoms with Crippen molar-refractivity contribution < 1.29 is 13.6 Å². The van der Waals surface area contributed by atoms with Crippen molar-refractivity contribution in [2.24, 2.45) is 0 Å². The van der Waals surface area contributed by atoms with E-state index in [0.29, 0.717) is 22.5 Å². The minimum absolute atomic E-state index is 0.0559. The number of hydrogen-bond donors (Lipinski definition) is 0. The molecule has 0 amide bonds. The normalized spacial score (nSPS) is 12.4. The van der Waals surface area contributed by atoms with E-state index in [0.717, 1.165) is 0 Å². The van der Waals surface area contributed by atoms with Crippen LogP contribution in [-0.2, 0) is 6.54 Å². The third-order valence-electron chi connectivity index (χ3n) is 4.90. The number of carbonyl (C=O) groups is 1. The molecular weight excluding hydrogens is 350 g/mol. The molecule has 0 saturated carbocycles. The molecule has 0 bridgehead atoms. The van der Waals surface area contributed by atoms with E-state index in [-0.39, 0.29) is 23.3 Å². The van der Waals surface area contributed by atoms with Crippen LogP contribution >= 0.6 is 0 Å². The first-order valence-electron chi connectivity index (χ1n) is 8.38. The highest BCUT2D eigenvalue weighted by Gasteiger charge is 2.33. The summed E-state index contributed by atoms with van der Waals surface area (Å²) in [6, 6.07) is 13.8. The fraction of sp³-hybridized carbons (Fsp3) is 0.0476. The van der Waals surface area contributed by atoms with E-state index in [1.165, 1.54) is 28.8 Å². The zero-order chi connectivity index (χ0) is 18.7. The number of nitrogens with zero attached hydrogens (tertiary/aromatic N) is 2. The molecule has 0 aliphatic carbocycles. The van der Waals surface area contributed by atoms with Crippen LogP contribution in [0.1, 0.15) is 15.9 Å². The van der Waals surface area contributed by atoms with Crippen molar-refractivity contribution in [3.63, 3.8) is 0 Å². The highest BCUT2D eigenvalue weighted by molar-refractivity contribution is 6.10. The Morgan fingerprint density at radius 3 is 2.56 bits per heavy atom. The van der Waals surface area contributed by atoms with Crippen molar-refractivity contribution in [3.05, 3.63) is 93.8 Å². The molecule has 1 aliphatic heterocycles. The van der Waals surface area contributed by atoms with Gasteiger partial charge in [0.05, 0.1) is 22.3 Å². The first-order chi connectivity index (χ1) is 13.1. The summed E-state index contributed by atoms with van der Waals surface area (Å²) in [7, 11) is 0. The first kappa shape index (κ1) is 15.7. The van der Waals surface area contributed by atoms with Gasteiger partial charge in [-0.3, -0.25) is 14.2 Å². The van der Waals surface area contributed by atoms with Gasteiger partial charge in [-0.1, -0.05) is 18.2 Å². The van der Waals surface area contributed by atoms with E-state index in [2.05, 4.69) is 0 Å². The van der Waals surface area contributed by atoms with Crippen LogP contribution in [0.4, 0.5) is 8.78 Å². The maximum Gasteiger partial charge on any atom is 0.268 e. The van der Waals surface area contributed by atoms with Gasteiger partial charge in [0.1, 0.15) is 17.2 Å². The van der Waals surface area contributed by atoms with E-state index in [4.69, 9.17) is 0 Å². The molecule has 1 aliphatic rings. The molecular formula is C21H12F2N2O2. The van der Waals surface area contributed by atoms with Crippen molar-refractivity contribution in [2.45, 2.75) is 6.54 Å². The smallest absolute Gasteiger partial charge is 0.268 e. The van der Waals surface area contributed by atoms with Crippen molar-refractivity contribution in [1.29, 1.82) is 0 Å². The summed E-state index contributed by atoms with van der Waals surface area (Å²) in [4.78, 5) is 25.7. The molecule has 0 spiro atoms. The lowest BCUT2D eigenvalue weighted by Crippen LogP contribution is -2.21. The average molecular weight is 362 g/mol. The number of aromatic nitrogens is 2. The predicted octanol–water partition coefficient (Wildman–Crippen LogP) is 3.80. The molecule has 5 rings (SSSR count). The second-order valence-electron chi connectivity index (χ2n) is 6.47. The number of pyridine rings is 1. The van der Waals surface area contributed by atoms with Crippen molar-refractivity contribution >= 4 is 16.8 Å². The van der Waals surface area contributed by atoms with Crippen LogP contribution in [-0.4, -0.2) is 15.0 Å². The fourth-order valence-electron chi connectivity index (χ4n) is 3.77. The summed E-state index contributed by atoms with van der Waals surface area (Å²) in [5, 5.41) is -0.133. The molecule has 0 unspecified atom stereocenters. The maximum atomic E-state index is 14.5. The van der Waals surface area contributed by atoms with Gasteiger partial charge in [0.15, 0.2) is 0 Å². The molecule has 2 aromatic heterocycles. The number of hydrogen-bond acceptors (Lipinski definition) is 2. The summed E-state index contributed by atoms with van der Waals surface area (Å²) in [6.45, 7) is 0.193. The quantitative estimate of drug-likeness (QED) is 0.479. The number of fused-ring (bicyclic) bond motifs is 4. The molecule has 0 radical (unpaired) electrons. The number of rotatable bonds is 2. The Labute approximate surface area is 151 Å². The van der Waals surface area contributed by atoms with E-state index in [1.807, 2.05) is 0 Å². The minimum Gasteiger partial charge on any atom is -0.334 e. The van der Waals surface area contributed by atoms with Gasteiger partial charge in [-0.25, -0.2) is 8.78 Å². The van der Waals surface area contributed by atoms with Crippen molar-refractivity contribution in [1.82, 2.24) is 9.13 Å². The van der Waals surface area contributed by atoms with Crippen LogP contribution in [0.25, 0.3) is 22.3 Å². The van der Waals surface area contributed by atoms with Gasteiger partial charge in [0.2, 0.25) is 5.43 Å². The summed E-state index contributed by atoms with van der Waals surface area (Å²) in [5.41, 5.74) is 1.32. The fourth-order valence-corrected chi connectivity index (χ4v) is 3.77. The standard InChI is InChI=1S/C21H12F2N2O2/c22-13-5-1-4-12(10-13)11-25-15-7-2-6-14(23)17(15)20(26)18-19(25)16-8-3-9-24(16)21(18)27/h1-10H,11H2. The highest BCUT2D eigenvalue weighted by atomic mass is 19.1. The van der Waals surface area contributed by atoms with Crippen LogP contribution < -0.4 is 5.43 Å². The zero-order valence-electron chi connectivity index (χ0n) is 13.9. The Morgan fingerprint density at radius 1 is 0.926 bits per heavy atom. The lowest BCUT2D eigenvalue weighted by Gasteiger charge is -2.16.